The van der Waals surface area contributed by atoms with Crippen molar-refractivity contribution in [3.63, 3.8) is 0 Å². The van der Waals surface area contributed by atoms with Crippen LogP contribution in [0, 0.1) is 11.3 Å². The second kappa shape index (κ2) is 3.98. The summed E-state index contributed by atoms with van der Waals surface area (Å²) in [6.45, 7) is 0. The van der Waals surface area contributed by atoms with Crippen LogP contribution in [0.5, 0.6) is 0 Å². The zero-order valence-electron chi connectivity index (χ0n) is 8.99. The van der Waals surface area contributed by atoms with E-state index in [1.807, 2.05) is 20.2 Å². The maximum absolute atomic E-state index is 8.86. The molecule has 80 valence electrons. The third kappa shape index (κ3) is 1.70. The Hall–Kier alpha value is -2.42. The molecule has 0 aliphatic heterocycles. The Kier molecular flexibility index (Phi) is 2.52. The minimum absolute atomic E-state index is 0.309. The van der Waals surface area contributed by atoms with Crippen molar-refractivity contribution in [2.45, 2.75) is 0 Å². The van der Waals surface area contributed by atoms with Gasteiger partial charge in [0.1, 0.15) is 11.9 Å². The lowest BCUT2D eigenvalue weighted by Crippen LogP contribution is -2.14. The van der Waals surface area contributed by atoms with Crippen LogP contribution in [0.25, 0.3) is 5.82 Å². The molecule has 2 heterocycles. The normalized spacial score (nSPS) is 9.81. The van der Waals surface area contributed by atoms with Crippen LogP contribution in [0.3, 0.4) is 0 Å². The molecule has 0 unspecified atom stereocenters. The summed E-state index contributed by atoms with van der Waals surface area (Å²) in [5.74, 6) is 1.53. The van der Waals surface area contributed by atoms with Crippen LogP contribution >= 0.6 is 0 Å². The van der Waals surface area contributed by atoms with Crippen LogP contribution < -0.4 is 4.90 Å². The number of aromatic nitrogens is 4. The Morgan fingerprint density at radius 3 is 2.81 bits per heavy atom. The van der Waals surface area contributed by atoms with E-state index in [9.17, 15) is 0 Å². The maximum Gasteiger partial charge on any atom is 0.226 e. The van der Waals surface area contributed by atoms with Gasteiger partial charge in [0, 0.05) is 32.7 Å². The van der Waals surface area contributed by atoms with E-state index in [2.05, 4.69) is 15.0 Å². The van der Waals surface area contributed by atoms with Gasteiger partial charge in [-0.15, -0.1) is 0 Å². The Labute approximate surface area is 92.8 Å². The lowest BCUT2D eigenvalue weighted by atomic mass is 10.5. The van der Waals surface area contributed by atoms with Crippen LogP contribution in [-0.2, 0) is 0 Å². The average Bonchev–Trinajstić information content (AvgIpc) is 2.77. The van der Waals surface area contributed by atoms with Gasteiger partial charge < -0.3 is 4.90 Å². The van der Waals surface area contributed by atoms with Crippen molar-refractivity contribution in [1.82, 2.24) is 19.5 Å². The van der Waals surface area contributed by atoms with Crippen LogP contribution in [0.15, 0.2) is 24.7 Å². The van der Waals surface area contributed by atoms with Crippen molar-refractivity contribution in [3.05, 3.63) is 30.5 Å². The van der Waals surface area contributed by atoms with Gasteiger partial charge in [-0.05, 0) is 6.07 Å². The number of imidazole rings is 1. The second-order valence-corrected chi connectivity index (χ2v) is 3.34. The van der Waals surface area contributed by atoms with E-state index in [1.54, 1.807) is 34.1 Å². The zero-order valence-corrected chi connectivity index (χ0v) is 8.99. The number of hydrogen-bond donors (Lipinski definition) is 0. The first-order valence-corrected chi connectivity index (χ1v) is 4.66. The predicted molar refractivity (Wildman–Crippen MR) is 58.2 cm³/mol. The Balaban J connectivity index is 2.49. The largest absolute Gasteiger partial charge is 0.347 e. The fourth-order valence-electron chi connectivity index (χ4n) is 1.26. The topological polar surface area (TPSA) is 70.6 Å². The van der Waals surface area contributed by atoms with Gasteiger partial charge in [0.2, 0.25) is 11.8 Å². The molecule has 0 aliphatic rings. The van der Waals surface area contributed by atoms with Gasteiger partial charge >= 0.3 is 0 Å². The lowest BCUT2D eigenvalue weighted by Gasteiger charge is -2.10. The van der Waals surface area contributed by atoms with E-state index in [0.29, 0.717) is 17.6 Å². The fraction of sp³-hybridized carbons (Fsp3) is 0.200. The smallest absolute Gasteiger partial charge is 0.226 e. The van der Waals surface area contributed by atoms with Crippen molar-refractivity contribution in [2.24, 2.45) is 0 Å². The van der Waals surface area contributed by atoms with E-state index in [1.165, 1.54) is 0 Å². The number of anilines is 1. The van der Waals surface area contributed by atoms with Crippen LogP contribution in [-0.4, -0.2) is 33.6 Å². The minimum Gasteiger partial charge on any atom is -0.347 e. The molecule has 0 bridgehead atoms. The highest BCUT2D eigenvalue weighted by Gasteiger charge is 2.07. The third-order valence-corrected chi connectivity index (χ3v) is 2.02. The van der Waals surface area contributed by atoms with Gasteiger partial charge in [-0.3, -0.25) is 4.57 Å². The Bertz CT molecular complexity index is 536. The standard InChI is InChI=1S/C10H10N6/c1-15(2)10-13-4-3-8(14-10)16-6-5-12-9(16)7-11/h3-6H,1-2H3. The summed E-state index contributed by atoms with van der Waals surface area (Å²) in [6, 6.07) is 3.73. The first-order chi connectivity index (χ1) is 7.72. The minimum atomic E-state index is 0.309. The molecule has 0 amide bonds. The molecule has 0 aromatic carbocycles. The summed E-state index contributed by atoms with van der Waals surface area (Å²) in [6.07, 6.45) is 4.91. The molecule has 0 atom stereocenters. The highest BCUT2D eigenvalue weighted by Crippen LogP contribution is 2.10. The molecule has 0 N–H and O–H groups in total. The van der Waals surface area contributed by atoms with Gasteiger partial charge in [-0.1, -0.05) is 0 Å². The fourth-order valence-corrected chi connectivity index (χ4v) is 1.26. The molecular formula is C10H10N6. The highest BCUT2D eigenvalue weighted by atomic mass is 15.2. The number of hydrogen-bond acceptors (Lipinski definition) is 5. The van der Waals surface area contributed by atoms with Crippen LogP contribution in [0.1, 0.15) is 5.82 Å². The average molecular weight is 214 g/mol. The van der Waals surface area contributed by atoms with Gasteiger partial charge in [-0.2, -0.15) is 10.2 Å². The van der Waals surface area contributed by atoms with E-state index >= 15 is 0 Å². The monoisotopic (exact) mass is 214 g/mol. The van der Waals surface area contributed by atoms with E-state index < -0.39 is 0 Å². The predicted octanol–water partition coefficient (Wildman–Crippen LogP) is 0.600. The quantitative estimate of drug-likeness (QED) is 0.732. The van der Waals surface area contributed by atoms with Crippen molar-refractivity contribution < 1.29 is 0 Å². The van der Waals surface area contributed by atoms with Gasteiger partial charge in [0.05, 0.1) is 0 Å². The van der Waals surface area contributed by atoms with Gasteiger partial charge in [0.15, 0.2) is 0 Å². The third-order valence-electron chi connectivity index (χ3n) is 2.02. The van der Waals surface area contributed by atoms with Crippen LogP contribution in [0.4, 0.5) is 5.95 Å². The molecule has 0 saturated heterocycles. The molecule has 16 heavy (non-hydrogen) atoms. The zero-order chi connectivity index (χ0) is 11.5. The van der Waals surface area contributed by atoms with Crippen molar-refractivity contribution in [3.8, 4) is 11.9 Å². The Morgan fingerprint density at radius 1 is 1.31 bits per heavy atom. The highest BCUT2D eigenvalue weighted by molar-refractivity contribution is 5.35. The summed E-state index contributed by atoms with van der Waals surface area (Å²) in [5, 5.41) is 8.86. The molecule has 2 rings (SSSR count). The molecule has 0 saturated carbocycles. The number of nitrogens with zero attached hydrogens (tertiary/aromatic N) is 6. The van der Waals surface area contributed by atoms with Crippen molar-refractivity contribution in [2.75, 3.05) is 19.0 Å². The molecule has 0 spiro atoms. The molecule has 0 fully saturated rings. The molecule has 6 heteroatoms. The summed E-state index contributed by atoms with van der Waals surface area (Å²) in [5.41, 5.74) is 0. The molecule has 0 aliphatic carbocycles. The summed E-state index contributed by atoms with van der Waals surface area (Å²) < 4.78 is 1.62. The van der Waals surface area contributed by atoms with Gasteiger partial charge in [0.25, 0.3) is 0 Å². The van der Waals surface area contributed by atoms with E-state index in [4.69, 9.17) is 5.26 Å². The van der Waals surface area contributed by atoms with Crippen molar-refractivity contribution in [1.29, 1.82) is 5.26 Å². The molecule has 6 nitrogen and oxygen atoms in total. The van der Waals surface area contributed by atoms with Gasteiger partial charge in [-0.25, -0.2) is 9.97 Å². The second-order valence-electron chi connectivity index (χ2n) is 3.34. The first-order valence-electron chi connectivity index (χ1n) is 4.66. The molecule has 0 radical (unpaired) electrons. The summed E-state index contributed by atoms with van der Waals surface area (Å²) in [7, 11) is 3.72. The molecule has 2 aromatic heterocycles. The maximum atomic E-state index is 8.86. The first kappa shape index (κ1) is 10.1. The van der Waals surface area contributed by atoms with Crippen LogP contribution in [0.2, 0.25) is 0 Å². The van der Waals surface area contributed by atoms with E-state index in [0.717, 1.165) is 0 Å². The Morgan fingerprint density at radius 2 is 2.12 bits per heavy atom. The van der Waals surface area contributed by atoms with E-state index in [-0.39, 0.29) is 0 Å². The SMILES string of the molecule is CN(C)c1nccc(-n2ccnc2C#N)n1. The summed E-state index contributed by atoms with van der Waals surface area (Å²) >= 11 is 0. The summed E-state index contributed by atoms with van der Waals surface area (Å²) in [4.78, 5) is 14.1. The number of nitriles is 1. The molecular weight excluding hydrogens is 204 g/mol. The molecule has 2 aromatic rings. The lowest BCUT2D eigenvalue weighted by molar-refractivity contribution is 0.919. The number of rotatable bonds is 2. The van der Waals surface area contributed by atoms with Crippen molar-refractivity contribution >= 4 is 5.95 Å².